The van der Waals surface area contributed by atoms with Crippen molar-refractivity contribution in [2.45, 2.75) is 13.3 Å². The maximum absolute atomic E-state index is 9.72. The van der Waals surface area contributed by atoms with Crippen LogP contribution in [0.5, 0.6) is 0 Å². The summed E-state index contributed by atoms with van der Waals surface area (Å²) in [6, 6.07) is 18.4. The lowest BCUT2D eigenvalue weighted by Gasteiger charge is -2.16. The average molecular weight is 363 g/mol. The van der Waals surface area contributed by atoms with Gasteiger partial charge < -0.3 is 9.73 Å². The van der Waals surface area contributed by atoms with Crippen molar-refractivity contribution in [2.24, 2.45) is 0 Å². The molecule has 0 amide bonds. The van der Waals surface area contributed by atoms with Gasteiger partial charge in [0, 0.05) is 22.8 Å². The van der Waals surface area contributed by atoms with Gasteiger partial charge >= 0.3 is 0 Å². The van der Waals surface area contributed by atoms with Crippen LogP contribution in [-0.2, 0) is 6.42 Å². The van der Waals surface area contributed by atoms with Gasteiger partial charge in [-0.2, -0.15) is 5.26 Å². The van der Waals surface area contributed by atoms with Crippen LogP contribution in [0.15, 0.2) is 65.2 Å². The molecule has 1 aliphatic carbocycles. The number of hydrogen-bond donors (Lipinski definition) is 1. The highest BCUT2D eigenvalue weighted by atomic mass is 16.3. The van der Waals surface area contributed by atoms with E-state index in [0.29, 0.717) is 11.3 Å². The third-order valence-corrected chi connectivity index (χ3v) is 5.14. The normalized spacial score (nSPS) is 12.1. The summed E-state index contributed by atoms with van der Waals surface area (Å²) in [5.41, 5.74) is 7.07. The Morgan fingerprint density at radius 3 is 2.89 bits per heavy atom. The van der Waals surface area contributed by atoms with E-state index in [-0.39, 0.29) is 0 Å². The number of aromatic nitrogens is 1. The molecule has 2 aromatic heterocycles. The number of furan rings is 1. The van der Waals surface area contributed by atoms with Gasteiger partial charge in [-0.3, -0.25) is 4.98 Å². The lowest BCUT2D eigenvalue weighted by molar-refractivity contribution is 0.631. The molecule has 1 aliphatic rings. The van der Waals surface area contributed by atoms with E-state index in [1.54, 1.807) is 6.20 Å². The van der Waals surface area contributed by atoms with Gasteiger partial charge in [0.15, 0.2) is 0 Å². The van der Waals surface area contributed by atoms with Crippen LogP contribution < -0.4 is 5.32 Å². The third kappa shape index (κ3) is 2.57. The standard InChI is InChI=1S/C24H17N3O/c1-15-23(22-12-17-6-2-3-11-21(17)28-22)24(18(13-25)14-26-15)27-20-10-5-8-16-7-4-9-19(16)20/h2-6,8-12,14H,7H2,1H3,(H,26,27). The van der Waals surface area contributed by atoms with Crippen molar-refractivity contribution in [1.82, 2.24) is 4.98 Å². The zero-order valence-corrected chi connectivity index (χ0v) is 15.4. The van der Waals surface area contributed by atoms with Crippen LogP contribution in [0.4, 0.5) is 11.4 Å². The minimum Gasteiger partial charge on any atom is -0.456 e. The van der Waals surface area contributed by atoms with Gasteiger partial charge in [-0.05, 0) is 37.1 Å². The molecule has 5 rings (SSSR count). The molecule has 4 heteroatoms. The maximum Gasteiger partial charge on any atom is 0.139 e. The van der Waals surface area contributed by atoms with Gasteiger partial charge in [0.05, 0.1) is 22.5 Å². The Morgan fingerprint density at radius 2 is 2.04 bits per heavy atom. The van der Waals surface area contributed by atoms with Gasteiger partial charge in [0.1, 0.15) is 17.4 Å². The van der Waals surface area contributed by atoms with Crippen LogP contribution >= 0.6 is 0 Å². The zero-order chi connectivity index (χ0) is 19.1. The highest BCUT2D eigenvalue weighted by Gasteiger charge is 2.20. The summed E-state index contributed by atoms with van der Waals surface area (Å²) in [5.74, 6) is 0.703. The van der Waals surface area contributed by atoms with Crippen molar-refractivity contribution in [3.63, 3.8) is 0 Å². The summed E-state index contributed by atoms with van der Waals surface area (Å²) in [6.07, 6.45) is 6.82. The molecule has 2 heterocycles. The molecule has 0 saturated carbocycles. The Morgan fingerprint density at radius 1 is 1.14 bits per heavy atom. The van der Waals surface area contributed by atoms with Crippen molar-refractivity contribution >= 4 is 28.4 Å². The van der Waals surface area contributed by atoms with E-state index in [4.69, 9.17) is 4.42 Å². The zero-order valence-electron chi connectivity index (χ0n) is 15.4. The summed E-state index contributed by atoms with van der Waals surface area (Å²) in [6.45, 7) is 1.93. The number of nitriles is 1. The predicted octanol–water partition coefficient (Wildman–Crippen LogP) is 5.99. The van der Waals surface area contributed by atoms with E-state index < -0.39 is 0 Å². The number of nitrogens with one attached hydrogen (secondary N) is 1. The number of hydrogen-bond acceptors (Lipinski definition) is 4. The molecule has 0 spiro atoms. The number of para-hydroxylation sites is 1. The van der Waals surface area contributed by atoms with Crippen LogP contribution in [0.3, 0.4) is 0 Å². The van der Waals surface area contributed by atoms with Gasteiger partial charge in [-0.15, -0.1) is 0 Å². The Hall–Kier alpha value is -3.84. The van der Waals surface area contributed by atoms with E-state index in [1.165, 1.54) is 5.56 Å². The summed E-state index contributed by atoms with van der Waals surface area (Å²) in [7, 11) is 0. The third-order valence-electron chi connectivity index (χ3n) is 5.14. The fourth-order valence-corrected chi connectivity index (χ4v) is 3.76. The van der Waals surface area contributed by atoms with Crippen LogP contribution in [0, 0.1) is 18.3 Å². The first-order chi connectivity index (χ1) is 13.7. The van der Waals surface area contributed by atoms with E-state index in [1.807, 2.05) is 49.4 Å². The van der Waals surface area contributed by atoms with Crippen LogP contribution in [-0.4, -0.2) is 4.98 Å². The highest BCUT2D eigenvalue weighted by Crippen LogP contribution is 2.39. The summed E-state index contributed by atoms with van der Waals surface area (Å²) < 4.78 is 6.10. The second-order valence-corrected chi connectivity index (χ2v) is 6.88. The summed E-state index contributed by atoms with van der Waals surface area (Å²) in [5, 5.41) is 14.2. The number of aryl methyl sites for hydroxylation is 1. The molecule has 2 aromatic carbocycles. The Balaban J connectivity index is 1.71. The molecule has 0 atom stereocenters. The quantitative estimate of drug-likeness (QED) is 0.486. The molecule has 4 nitrogen and oxygen atoms in total. The smallest absolute Gasteiger partial charge is 0.139 e. The molecule has 0 radical (unpaired) electrons. The molecular formula is C24H17N3O. The molecule has 134 valence electrons. The Bertz CT molecular complexity index is 1260. The molecule has 1 N–H and O–H groups in total. The lowest BCUT2D eigenvalue weighted by atomic mass is 10.0. The van der Waals surface area contributed by atoms with Gasteiger partial charge in [0.2, 0.25) is 0 Å². The number of fused-ring (bicyclic) bond motifs is 2. The van der Waals surface area contributed by atoms with Crippen LogP contribution in [0.2, 0.25) is 0 Å². The SMILES string of the molecule is Cc1ncc(C#N)c(Nc2cccc3c2C=CC3)c1-c1cc2ccccc2o1. The second kappa shape index (κ2) is 6.40. The van der Waals surface area contributed by atoms with Crippen molar-refractivity contribution < 1.29 is 4.42 Å². The molecule has 4 aromatic rings. The van der Waals surface area contributed by atoms with Crippen molar-refractivity contribution in [3.05, 3.63) is 83.2 Å². The van der Waals surface area contributed by atoms with Gasteiger partial charge in [-0.25, -0.2) is 0 Å². The molecule has 0 bridgehead atoms. The topological polar surface area (TPSA) is 61.9 Å². The largest absolute Gasteiger partial charge is 0.456 e. The van der Waals surface area contributed by atoms with Crippen molar-refractivity contribution in [3.8, 4) is 17.4 Å². The monoisotopic (exact) mass is 363 g/mol. The molecular weight excluding hydrogens is 346 g/mol. The summed E-state index contributed by atoms with van der Waals surface area (Å²) in [4.78, 5) is 4.43. The molecule has 0 aliphatic heterocycles. The number of allylic oxidation sites excluding steroid dienone is 1. The Labute approximate surface area is 162 Å². The average Bonchev–Trinajstić information content (AvgIpc) is 3.35. The molecule has 0 fully saturated rings. The number of rotatable bonds is 3. The molecule has 0 unspecified atom stereocenters. The summed E-state index contributed by atoms with van der Waals surface area (Å²) >= 11 is 0. The fourth-order valence-electron chi connectivity index (χ4n) is 3.76. The van der Waals surface area contributed by atoms with E-state index in [9.17, 15) is 5.26 Å². The minimum absolute atomic E-state index is 0.487. The minimum atomic E-state index is 0.487. The fraction of sp³-hybridized carbons (Fsp3) is 0.0833. The second-order valence-electron chi connectivity index (χ2n) is 6.88. The first-order valence-electron chi connectivity index (χ1n) is 9.18. The maximum atomic E-state index is 9.72. The lowest BCUT2D eigenvalue weighted by Crippen LogP contribution is -2.02. The highest BCUT2D eigenvalue weighted by molar-refractivity contribution is 5.91. The number of benzene rings is 2. The number of anilines is 2. The van der Waals surface area contributed by atoms with Crippen molar-refractivity contribution in [2.75, 3.05) is 5.32 Å². The molecule has 28 heavy (non-hydrogen) atoms. The number of nitrogens with zero attached hydrogens (tertiary/aromatic N) is 2. The Kier molecular flexibility index (Phi) is 3.73. The number of pyridine rings is 1. The van der Waals surface area contributed by atoms with Crippen LogP contribution in [0.25, 0.3) is 28.4 Å². The van der Waals surface area contributed by atoms with E-state index >= 15 is 0 Å². The van der Waals surface area contributed by atoms with Crippen molar-refractivity contribution in [1.29, 1.82) is 5.26 Å². The van der Waals surface area contributed by atoms with Gasteiger partial charge in [0.25, 0.3) is 0 Å². The predicted molar refractivity (Wildman–Crippen MR) is 111 cm³/mol. The first kappa shape index (κ1) is 16.3. The van der Waals surface area contributed by atoms with E-state index in [2.05, 4.69) is 34.6 Å². The van der Waals surface area contributed by atoms with Crippen LogP contribution in [0.1, 0.15) is 22.4 Å². The van der Waals surface area contributed by atoms with E-state index in [0.717, 1.165) is 45.6 Å². The first-order valence-corrected chi connectivity index (χ1v) is 9.18. The molecule has 0 saturated heterocycles. The van der Waals surface area contributed by atoms with Gasteiger partial charge in [-0.1, -0.05) is 42.5 Å².